The molecule has 0 aliphatic rings. The van der Waals surface area contributed by atoms with Crippen molar-refractivity contribution in [3.05, 3.63) is 109 Å². The van der Waals surface area contributed by atoms with E-state index >= 15 is 0 Å². The molecular weight excluding hydrogens is 840 g/mol. The Hall–Kier alpha value is -2.84. The average Bonchev–Trinajstić information content (AvgIpc) is 3.28. The Balaban J connectivity index is 3.99. The zero-order valence-electron chi connectivity index (χ0n) is 42.9. The third-order valence-electron chi connectivity index (χ3n) is 11.0. The lowest BCUT2D eigenvalue weighted by molar-refractivity contribution is -0.870. The molecule has 3 N–H and O–H groups in total. The van der Waals surface area contributed by atoms with Crippen molar-refractivity contribution in [3.8, 4) is 0 Å². The standard InChI is InChI=1S/C57H99N2O6P/c1-6-8-10-12-14-16-17-18-19-20-21-22-23-24-25-26-27-28-29-30-31-32-33-34-35-36-37-38-39-40-41-43-45-47-49-51-57(61)58-55(54-65-66(62,63)64-53-52-59(3,4)5)56(60)50-48-46-44-42-15-13-11-9-7-2/h7-10,14-16,18-19,21-22,24-25,27-28,42,48,50,55-56,60H,6,11-13,17,20,23,26,29-41,43-47,49,51-54H2,1-5H3,(H-,58,61,62,63)/p+1/b9-7+,10-8-,16-14-,19-18-,22-21-,25-24-,28-27-,42-15+,50-48+. The molecule has 66 heavy (non-hydrogen) atoms. The summed E-state index contributed by atoms with van der Waals surface area (Å²) in [5.74, 6) is -0.198. The lowest BCUT2D eigenvalue weighted by Gasteiger charge is -2.25. The Morgan fingerprint density at radius 1 is 0.545 bits per heavy atom. The molecule has 0 bridgehead atoms. The van der Waals surface area contributed by atoms with Crippen molar-refractivity contribution in [3.63, 3.8) is 0 Å². The molecule has 0 aromatic carbocycles. The summed E-state index contributed by atoms with van der Waals surface area (Å²) < 4.78 is 23.5. The Kier molecular flexibility index (Phi) is 45.2. The number of carbonyl (C=O) groups excluding carboxylic acids is 1. The Morgan fingerprint density at radius 3 is 1.39 bits per heavy atom. The van der Waals surface area contributed by atoms with Gasteiger partial charge in [-0.1, -0.05) is 206 Å². The van der Waals surface area contributed by atoms with Gasteiger partial charge in [0.2, 0.25) is 5.91 Å². The lowest BCUT2D eigenvalue weighted by atomic mass is 10.0. The molecule has 0 radical (unpaired) electrons. The van der Waals surface area contributed by atoms with Crippen LogP contribution < -0.4 is 5.32 Å². The van der Waals surface area contributed by atoms with Crippen molar-refractivity contribution in [2.45, 2.75) is 206 Å². The van der Waals surface area contributed by atoms with Gasteiger partial charge in [-0.3, -0.25) is 13.8 Å². The maximum absolute atomic E-state index is 12.9. The average molecular weight is 940 g/mol. The molecule has 0 fully saturated rings. The zero-order valence-corrected chi connectivity index (χ0v) is 43.8. The number of allylic oxidation sites excluding steroid dienone is 17. The fourth-order valence-corrected chi connectivity index (χ4v) is 7.70. The van der Waals surface area contributed by atoms with Gasteiger partial charge in [-0.05, 0) is 90.4 Å². The number of hydrogen-bond acceptors (Lipinski definition) is 5. The maximum atomic E-state index is 12.9. The van der Waals surface area contributed by atoms with Gasteiger partial charge >= 0.3 is 7.82 Å². The number of amides is 1. The topological polar surface area (TPSA) is 105 Å². The van der Waals surface area contributed by atoms with Crippen molar-refractivity contribution in [2.24, 2.45) is 0 Å². The van der Waals surface area contributed by atoms with E-state index in [-0.39, 0.29) is 19.1 Å². The van der Waals surface area contributed by atoms with E-state index in [2.05, 4.69) is 103 Å². The Morgan fingerprint density at radius 2 is 0.939 bits per heavy atom. The van der Waals surface area contributed by atoms with Gasteiger partial charge in [0.1, 0.15) is 13.2 Å². The summed E-state index contributed by atoms with van der Waals surface area (Å²) in [4.78, 5) is 23.1. The predicted molar refractivity (Wildman–Crippen MR) is 285 cm³/mol. The van der Waals surface area contributed by atoms with Gasteiger partial charge in [0.05, 0.1) is 39.9 Å². The van der Waals surface area contributed by atoms with Gasteiger partial charge in [0.15, 0.2) is 0 Å². The number of nitrogens with zero attached hydrogens (tertiary/aromatic N) is 1. The van der Waals surface area contributed by atoms with E-state index in [9.17, 15) is 19.4 Å². The summed E-state index contributed by atoms with van der Waals surface area (Å²) in [7, 11) is 1.53. The van der Waals surface area contributed by atoms with Crippen LogP contribution in [0.3, 0.4) is 0 Å². The summed E-state index contributed by atoms with van der Waals surface area (Å²) in [6.07, 6.45) is 69.4. The van der Waals surface area contributed by atoms with Crippen LogP contribution in [0.5, 0.6) is 0 Å². The molecule has 378 valence electrons. The SMILES string of the molecule is C/C=C/CC/C=C/CC/C=C/C(O)C(COP(=O)(O)OCC[N+](C)(C)C)NC(=O)CCCCCCCCCCCCCCCCCC/C=C\C/C=C\C/C=C\C/C=C\C/C=C\C/C=C\CC. The van der Waals surface area contributed by atoms with Crippen LogP contribution >= 0.6 is 7.82 Å². The largest absolute Gasteiger partial charge is 0.472 e. The number of likely N-dealkylation sites (N-methyl/N-ethyl adjacent to an activating group) is 1. The van der Waals surface area contributed by atoms with Gasteiger partial charge in [0.25, 0.3) is 0 Å². The fraction of sp³-hybridized carbons (Fsp3) is 0.667. The summed E-state index contributed by atoms with van der Waals surface area (Å²) in [6.45, 7) is 4.42. The third-order valence-corrected chi connectivity index (χ3v) is 12.0. The first-order valence-electron chi connectivity index (χ1n) is 26.2. The molecule has 3 unspecified atom stereocenters. The van der Waals surface area contributed by atoms with E-state index in [0.29, 0.717) is 17.4 Å². The van der Waals surface area contributed by atoms with Gasteiger partial charge in [-0.15, -0.1) is 0 Å². The van der Waals surface area contributed by atoms with E-state index in [1.54, 1.807) is 6.08 Å². The van der Waals surface area contributed by atoms with E-state index in [1.807, 2.05) is 40.2 Å². The number of aliphatic hydroxyl groups is 1. The number of rotatable bonds is 46. The first kappa shape index (κ1) is 63.2. The van der Waals surface area contributed by atoms with Crippen molar-refractivity contribution in [1.82, 2.24) is 5.32 Å². The number of hydrogen-bond donors (Lipinski definition) is 3. The highest BCUT2D eigenvalue weighted by molar-refractivity contribution is 7.47. The quantitative estimate of drug-likeness (QED) is 0.0243. The summed E-state index contributed by atoms with van der Waals surface area (Å²) in [5, 5.41) is 13.8. The highest BCUT2D eigenvalue weighted by atomic mass is 31.2. The zero-order chi connectivity index (χ0) is 48.5. The molecule has 0 rings (SSSR count). The van der Waals surface area contributed by atoms with E-state index < -0.39 is 20.0 Å². The van der Waals surface area contributed by atoms with Crippen LogP contribution in [0.15, 0.2) is 109 Å². The smallest absolute Gasteiger partial charge is 0.387 e. The molecule has 8 nitrogen and oxygen atoms in total. The molecule has 0 saturated carbocycles. The van der Waals surface area contributed by atoms with Gasteiger partial charge in [-0.25, -0.2) is 4.57 Å². The van der Waals surface area contributed by atoms with Crippen LogP contribution in [0, 0.1) is 0 Å². The van der Waals surface area contributed by atoms with Crippen LogP contribution in [-0.4, -0.2) is 73.4 Å². The second kappa shape index (κ2) is 47.2. The number of quaternary nitrogens is 1. The second-order valence-electron chi connectivity index (χ2n) is 18.5. The second-order valence-corrected chi connectivity index (χ2v) is 20.0. The number of nitrogens with one attached hydrogen (secondary N) is 1. The van der Waals surface area contributed by atoms with Gasteiger partial charge < -0.3 is 19.8 Å². The molecule has 0 aliphatic heterocycles. The number of phosphoric ester groups is 1. The first-order chi connectivity index (χ1) is 32.0. The molecule has 0 heterocycles. The van der Waals surface area contributed by atoms with Crippen LogP contribution in [-0.2, 0) is 18.4 Å². The van der Waals surface area contributed by atoms with Crippen LogP contribution in [0.4, 0.5) is 0 Å². The van der Waals surface area contributed by atoms with Crippen LogP contribution in [0.25, 0.3) is 0 Å². The molecule has 0 saturated heterocycles. The van der Waals surface area contributed by atoms with Crippen LogP contribution in [0.1, 0.15) is 194 Å². The van der Waals surface area contributed by atoms with Crippen LogP contribution in [0.2, 0.25) is 0 Å². The minimum atomic E-state index is -4.35. The molecule has 0 aromatic rings. The van der Waals surface area contributed by atoms with E-state index in [1.165, 1.54) is 89.9 Å². The number of unbranched alkanes of at least 4 members (excludes halogenated alkanes) is 18. The minimum absolute atomic E-state index is 0.0491. The lowest BCUT2D eigenvalue weighted by Crippen LogP contribution is -2.45. The summed E-state index contributed by atoms with van der Waals surface area (Å²) >= 11 is 0. The molecule has 3 atom stereocenters. The van der Waals surface area contributed by atoms with Crippen molar-refractivity contribution in [2.75, 3.05) is 40.9 Å². The normalized spacial score (nSPS) is 15.0. The van der Waals surface area contributed by atoms with Gasteiger partial charge in [0, 0.05) is 6.42 Å². The Labute approximate surface area is 406 Å². The Bertz CT molecular complexity index is 1440. The number of aliphatic hydroxyl groups excluding tert-OH is 1. The van der Waals surface area contributed by atoms with Gasteiger partial charge in [-0.2, -0.15) is 0 Å². The fourth-order valence-electron chi connectivity index (χ4n) is 6.97. The predicted octanol–water partition coefficient (Wildman–Crippen LogP) is 15.6. The maximum Gasteiger partial charge on any atom is 0.472 e. The molecule has 0 spiro atoms. The highest BCUT2D eigenvalue weighted by Crippen LogP contribution is 2.43. The molecule has 9 heteroatoms. The van der Waals surface area contributed by atoms with Crippen molar-refractivity contribution >= 4 is 13.7 Å². The molecule has 1 amide bonds. The van der Waals surface area contributed by atoms with E-state index in [0.717, 1.165) is 83.5 Å². The van der Waals surface area contributed by atoms with E-state index in [4.69, 9.17) is 9.05 Å². The summed E-state index contributed by atoms with van der Waals surface area (Å²) in [5.41, 5.74) is 0. The molecule has 0 aromatic heterocycles. The monoisotopic (exact) mass is 940 g/mol. The number of phosphoric acid groups is 1. The first-order valence-corrected chi connectivity index (χ1v) is 27.7. The highest BCUT2D eigenvalue weighted by Gasteiger charge is 2.27. The number of carbonyl (C=O) groups is 1. The minimum Gasteiger partial charge on any atom is -0.387 e. The molecule has 0 aliphatic carbocycles. The molecular formula is C57H100N2O6P+. The van der Waals surface area contributed by atoms with Crippen molar-refractivity contribution < 1.29 is 32.9 Å². The summed E-state index contributed by atoms with van der Waals surface area (Å²) in [6, 6.07) is -0.872. The van der Waals surface area contributed by atoms with Crippen molar-refractivity contribution in [1.29, 1.82) is 0 Å². The third kappa shape index (κ3) is 49.1.